The van der Waals surface area contributed by atoms with E-state index in [1.54, 1.807) is 60.7 Å². The SMILES string of the molecule is C[C@@H](O)[C@H](NC(=O)OCc1ccccc1)C(=O)N[C@H](C(=O)N[C@@H](CC(N)=O)C(=O)N[C@@H](Cc1ccc(O)cc1)C(=O)N[C@H](C(=O)OCc1ccccc1)[C@@H](C)O)[C@@H](C)O. The van der Waals surface area contributed by atoms with Gasteiger partial charge in [-0.3, -0.25) is 24.0 Å². The topological polar surface area (TPSA) is 305 Å². The molecule has 318 valence electrons. The molecule has 3 rings (SSSR count). The summed E-state index contributed by atoms with van der Waals surface area (Å²) in [5.41, 5.74) is 7.06. The van der Waals surface area contributed by atoms with E-state index in [0.29, 0.717) is 16.7 Å². The first-order valence-electron chi connectivity index (χ1n) is 18.4. The Morgan fingerprint density at radius 1 is 0.542 bits per heavy atom. The summed E-state index contributed by atoms with van der Waals surface area (Å²) in [5, 5.41) is 52.3. The van der Waals surface area contributed by atoms with E-state index < -0.39 is 96.5 Å². The summed E-state index contributed by atoms with van der Waals surface area (Å²) < 4.78 is 10.4. The summed E-state index contributed by atoms with van der Waals surface area (Å²) >= 11 is 0. The number of primary amides is 1. The van der Waals surface area contributed by atoms with Crippen LogP contribution in [0, 0.1) is 0 Å². The molecule has 0 aliphatic heterocycles. The molecule has 19 heteroatoms. The third-order valence-corrected chi connectivity index (χ3v) is 8.62. The summed E-state index contributed by atoms with van der Waals surface area (Å²) in [6.07, 6.45) is -6.83. The average molecular weight is 823 g/mol. The second-order valence-electron chi connectivity index (χ2n) is 13.6. The van der Waals surface area contributed by atoms with Crippen LogP contribution in [0.1, 0.15) is 43.9 Å². The average Bonchev–Trinajstić information content (AvgIpc) is 3.19. The molecule has 11 N–H and O–H groups in total. The summed E-state index contributed by atoms with van der Waals surface area (Å²) in [6, 6.07) is 14.2. The normalized spacial score (nSPS) is 14.9. The van der Waals surface area contributed by atoms with Crippen LogP contribution in [0.15, 0.2) is 84.9 Å². The summed E-state index contributed by atoms with van der Waals surface area (Å²) in [6.45, 7) is 3.19. The van der Waals surface area contributed by atoms with Crippen molar-refractivity contribution in [3.05, 3.63) is 102 Å². The molecule has 3 aromatic carbocycles. The van der Waals surface area contributed by atoms with Crippen molar-refractivity contribution in [1.82, 2.24) is 26.6 Å². The van der Waals surface area contributed by atoms with Crippen LogP contribution in [0.4, 0.5) is 4.79 Å². The number of carbonyl (C=O) groups is 7. The molecule has 0 unspecified atom stereocenters. The van der Waals surface area contributed by atoms with Gasteiger partial charge in [0, 0.05) is 6.42 Å². The molecule has 0 aliphatic carbocycles. The number of ether oxygens (including phenoxy) is 2. The van der Waals surface area contributed by atoms with Crippen LogP contribution in [0.3, 0.4) is 0 Å². The Morgan fingerprint density at radius 3 is 1.49 bits per heavy atom. The van der Waals surface area contributed by atoms with Crippen molar-refractivity contribution in [2.24, 2.45) is 5.73 Å². The highest BCUT2D eigenvalue weighted by molar-refractivity contribution is 5.98. The van der Waals surface area contributed by atoms with Gasteiger partial charge in [-0.2, -0.15) is 0 Å². The maximum Gasteiger partial charge on any atom is 0.408 e. The minimum absolute atomic E-state index is 0.100. The van der Waals surface area contributed by atoms with Gasteiger partial charge in [0.15, 0.2) is 6.04 Å². The second-order valence-corrected chi connectivity index (χ2v) is 13.6. The minimum atomic E-state index is -1.83. The number of amides is 6. The number of esters is 1. The van der Waals surface area contributed by atoms with E-state index in [1.165, 1.54) is 38.1 Å². The van der Waals surface area contributed by atoms with Crippen molar-refractivity contribution in [2.45, 2.75) is 95.3 Å². The van der Waals surface area contributed by atoms with E-state index in [-0.39, 0.29) is 25.4 Å². The number of aliphatic hydroxyl groups excluding tert-OH is 3. The second kappa shape index (κ2) is 23.0. The molecule has 0 saturated carbocycles. The molecule has 0 aromatic heterocycles. The lowest BCUT2D eigenvalue weighted by atomic mass is 10.0. The van der Waals surface area contributed by atoms with Gasteiger partial charge in [-0.05, 0) is 49.6 Å². The maximum absolute atomic E-state index is 13.7. The number of phenolic OH excluding ortho intramolecular Hbond substituents is 1. The Labute approximate surface area is 339 Å². The number of benzene rings is 3. The zero-order valence-electron chi connectivity index (χ0n) is 32.6. The van der Waals surface area contributed by atoms with E-state index in [1.807, 2.05) is 0 Å². The number of nitrogens with one attached hydrogen (secondary N) is 5. The predicted octanol–water partition coefficient (Wildman–Crippen LogP) is -1.07. The molecule has 0 aliphatic rings. The quantitative estimate of drug-likeness (QED) is 0.0574. The molecule has 0 heterocycles. The molecule has 8 atom stereocenters. The number of hydrogen-bond donors (Lipinski definition) is 10. The van der Waals surface area contributed by atoms with Crippen LogP contribution in [0.2, 0.25) is 0 Å². The highest BCUT2D eigenvalue weighted by Crippen LogP contribution is 2.13. The van der Waals surface area contributed by atoms with Crippen LogP contribution in [0.25, 0.3) is 0 Å². The Bertz CT molecular complexity index is 1880. The molecule has 59 heavy (non-hydrogen) atoms. The summed E-state index contributed by atoms with van der Waals surface area (Å²) in [4.78, 5) is 91.8. The zero-order valence-corrected chi connectivity index (χ0v) is 32.6. The lowest BCUT2D eigenvalue weighted by molar-refractivity contribution is -0.152. The maximum atomic E-state index is 13.7. The van der Waals surface area contributed by atoms with Crippen molar-refractivity contribution in [3.8, 4) is 5.75 Å². The number of carbonyl (C=O) groups excluding carboxylic acids is 7. The third kappa shape index (κ3) is 15.7. The first kappa shape index (κ1) is 46.8. The molecular weight excluding hydrogens is 772 g/mol. The van der Waals surface area contributed by atoms with Crippen LogP contribution < -0.4 is 32.3 Å². The van der Waals surface area contributed by atoms with Crippen molar-refractivity contribution in [3.63, 3.8) is 0 Å². The van der Waals surface area contributed by atoms with Gasteiger partial charge in [-0.15, -0.1) is 0 Å². The molecule has 0 fully saturated rings. The summed E-state index contributed by atoms with van der Waals surface area (Å²) in [7, 11) is 0. The van der Waals surface area contributed by atoms with E-state index in [0.717, 1.165) is 6.92 Å². The van der Waals surface area contributed by atoms with E-state index in [4.69, 9.17) is 15.2 Å². The van der Waals surface area contributed by atoms with Gasteiger partial charge in [0.1, 0.15) is 43.1 Å². The van der Waals surface area contributed by atoms with Crippen LogP contribution in [-0.4, -0.2) is 111 Å². The number of nitrogens with two attached hydrogens (primary N) is 1. The van der Waals surface area contributed by atoms with Crippen LogP contribution in [-0.2, 0) is 57.9 Å². The fourth-order valence-corrected chi connectivity index (χ4v) is 5.42. The van der Waals surface area contributed by atoms with E-state index in [9.17, 15) is 54.0 Å². The third-order valence-electron chi connectivity index (χ3n) is 8.62. The van der Waals surface area contributed by atoms with Crippen molar-refractivity contribution < 1.29 is 63.5 Å². The Morgan fingerprint density at radius 2 is 0.983 bits per heavy atom. The monoisotopic (exact) mass is 822 g/mol. The lowest BCUT2D eigenvalue weighted by Crippen LogP contribution is -2.62. The largest absolute Gasteiger partial charge is 0.508 e. The van der Waals surface area contributed by atoms with Gasteiger partial charge in [0.2, 0.25) is 29.5 Å². The molecule has 19 nitrogen and oxygen atoms in total. The first-order chi connectivity index (χ1) is 27.9. The number of hydrogen-bond acceptors (Lipinski definition) is 13. The van der Waals surface area contributed by atoms with Gasteiger partial charge in [0.25, 0.3) is 0 Å². The smallest absolute Gasteiger partial charge is 0.408 e. The number of alkyl carbamates (subject to hydrolysis) is 1. The predicted molar refractivity (Wildman–Crippen MR) is 208 cm³/mol. The summed E-state index contributed by atoms with van der Waals surface area (Å²) in [5.74, 6) is -6.64. The Hall–Kier alpha value is -6.57. The van der Waals surface area contributed by atoms with E-state index >= 15 is 0 Å². The standard InChI is InChI=1S/C40H50N6O13/c1-22(47)32(44-38(55)33(23(2)48)46-40(57)59-21-27-12-8-5-9-13-27)37(54)43-30(19-31(41)51)35(52)42-29(18-25-14-16-28(50)17-15-25)36(53)45-34(24(3)49)39(56)58-20-26-10-6-4-7-11-26/h4-17,22-24,29-30,32-34,47-50H,18-21H2,1-3H3,(H2,41,51)(H,42,52)(H,43,54)(H,44,55)(H,45,53)(H,46,57)/t22-,23-,24-,29+,30+,32+,33+,34+/m1/s1. The van der Waals surface area contributed by atoms with Crippen LogP contribution >= 0.6 is 0 Å². The molecule has 0 spiro atoms. The number of phenols is 1. The number of aliphatic hydroxyl groups is 3. The molecule has 0 bridgehead atoms. The lowest BCUT2D eigenvalue weighted by Gasteiger charge is -2.28. The number of aromatic hydroxyl groups is 1. The minimum Gasteiger partial charge on any atom is -0.508 e. The van der Waals surface area contributed by atoms with Gasteiger partial charge in [0.05, 0.1) is 24.7 Å². The fraction of sp³-hybridized carbons (Fsp3) is 0.375. The zero-order chi connectivity index (χ0) is 43.6. The highest BCUT2D eigenvalue weighted by atomic mass is 16.5. The fourth-order valence-electron chi connectivity index (χ4n) is 5.42. The van der Waals surface area contributed by atoms with Gasteiger partial charge in [-0.25, -0.2) is 9.59 Å². The highest BCUT2D eigenvalue weighted by Gasteiger charge is 2.36. The molecule has 0 radical (unpaired) electrons. The van der Waals surface area contributed by atoms with Crippen LogP contribution in [0.5, 0.6) is 5.75 Å². The van der Waals surface area contributed by atoms with Gasteiger partial charge >= 0.3 is 12.1 Å². The van der Waals surface area contributed by atoms with Crippen molar-refractivity contribution in [1.29, 1.82) is 0 Å². The number of rotatable bonds is 21. The Kier molecular flexibility index (Phi) is 18.2. The van der Waals surface area contributed by atoms with E-state index in [2.05, 4.69) is 26.6 Å². The molecule has 3 aromatic rings. The molecule has 6 amide bonds. The Balaban J connectivity index is 1.78. The molecular formula is C40H50N6O13. The first-order valence-corrected chi connectivity index (χ1v) is 18.4. The van der Waals surface area contributed by atoms with Gasteiger partial charge in [-0.1, -0.05) is 72.8 Å². The van der Waals surface area contributed by atoms with Crippen molar-refractivity contribution >= 4 is 41.6 Å². The van der Waals surface area contributed by atoms with Crippen molar-refractivity contribution in [2.75, 3.05) is 0 Å². The molecule has 0 saturated heterocycles. The van der Waals surface area contributed by atoms with Gasteiger partial charge < -0.3 is 62.2 Å².